The number of aliphatic hydroxyl groups is 3. The van der Waals surface area contributed by atoms with Gasteiger partial charge >= 0.3 is 5.69 Å². The molecule has 19 heavy (non-hydrogen) atoms. The Bertz CT molecular complexity index is 582. The molecule has 0 radical (unpaired) electrons. The number of rotatable bonds is 2. The van der Waals surface area contributed by atoms with Crippen molar-refractivity contribution in [3.8, 4) is 0 Å². The monoisotopic (exact) mass is 276 g/mol. The lowest BCUT2D eigenvalue weighted by atomic mass is 10.1. The van der Waals surface area contributed by atoms with Crippen molar-refractivity contribution in [2.24, 2.45) is 0 Å². The van der Waals surface area contributed by atoms with Gasteiger partial charge < -0.3 is 20.1 Å². The van der Waals surface area contributed by atoms with E-state index in [1.807, 2.05) is 0 Å². The van der Waals surface area contributed by atoms with Gasteiger partial charge in [-0.25, -0.2) is 4.79 Å². The Hall–Kier alpha value is -1.55. The lowest BCUT2D eigenvalue weighted by Gasteiger charge is -2.17. The molecule has 1 aliphatic heterocycles. The molecule has 1 unspecified atom stereocenters. The molecular formula is C10H13FN2O6. The standard InChI is InChI=1S/C10H13FN2O6/c1-3(14)7-5(15)6(16)9(19-7)13-2-4(11)8(17)12-10(13)18/h2-3,5-7,9,14-16H,1H3,(H,12,17,18)/t3-,5?,6-,7+,9+/m0/s1. The van der Waals surface area contributed by atoms with Gasteiger partial charge in [0.1, 0.15) is 18.3 Å². The van der Waals surface area contributed by atoms with Crippen LogP contribution in [0.5, 0.6) is 0 Å². The van der Waals surface area contributed by atoms with E-state index in [9.17, 15) is 29.3 Å². The van der Waals surface area contributed by atoms with Gasteiger partial charge in [0, 0.05) is 0 Å². The van der Waals surface area contributed by atoms with Crippen molar-refractivity contribution in [3.05, 3.63) is 32.9 Å². The fourth-order valence-electron chi connectivity index (χ4n) is 1.96. The quantitative estimate of drug-likeness (QED) is 0.480. The summed E-state index contributed by atoms with van der Waals surface area (Å²) in [6.45, 7) is 1.33. The highest BCUT2D eigenvalue weighted by molar-refractivity contribution is 4.95. The number of aromatic amines is 1. The number of aromatic nitrogens is 2. The van der Waals surface area contributed by atoms with Crippen LogP contribution in [-0.4, -0.2) is 49.3 Å². The third-order valence-electron chi connectivity index (χ3n) is 2.95. The molecule has 1 saturated heterocycles. The van der Waals surface area contributed by atoms with Gasteiger partial charge in [-0.05, 0) is 6.92 Å². The molecule has 1 aromatic rings. The average molecular weight is 276 g/mol. The number of ether oxygens (including phenoxy) is 1. The van der Waals surface area contributed by atoms with Crippen molar-refractivity contribution >= 4 is 0 Å². The van der Waals surface area contributed by atoms with Crippen LogP contribution in [0.2, 0.25) is 0 Å². The average Bonchev–Trinajstić information content (AvgIpc) is 2.62. The van der Waals surface area contributed by atoms with Gasteiger partial charge in [-0.2, -0.15) is 4.39 Å². The van der Waals surface area contributed by atoms with Crippen LogP contribution in [0.15, 0.2) is 15.8 Å². The van der Waals surface area contributed by atoms with Gasteiger partial charge in [-0.15, -0.1) is 0 Å². The van der Waals surface area contributed by atoms with Crippen LogP contribution in [0.1, 0.15) is 13.2 Å². The van der Waals surface area contributed by atoms with Crippen molar-refractivity contribution in [2.75, 3.05) is 0 Å². The van der Waals surface area contributed by atoms with Gasteiger partial charge in [0.25, 0.3) is 5.56 Å². The molecule has 0 aromatic carbocycles. The molecule has 1 aromatic heterocycles. The van der Waals surface area contributed by atoms with Crippen LogP contribution in [-0.2, 0) is 4.74 Å². The van der Waals surface area contributed by atoms with Gasteiger partial charge in [0.2, 0.25) is 5.82 Å². The van der Waals surface area contributed by atoms with Crippen molar-refractivity contribution in [2.45, 2.75) is 37.6 Å². The molecule has 4 N–H and O–H groups in total. The van der Waals surface area contributed by atoms with Gasteiger partial charge in [-0.3, -0.25) is 14.3 Å². The first-order chi connectivity index (χ1) is 8.82. The summed E-state index contributed by atoms with van der Waals surface area (Å²) >= 11 is 0. The molecule has 9 heteroatoms. The SMILES string of the molecule is C[C@H](O)[C@H]1O[C@@H](n2cc(F)c(=O)[nH]c2=O)[C@@H](O)C1O. The van der Waals surface area contributed by atoms with Crippen LogP contribution >= 0.6 is 0 Å². The third-order valence-corrected chi connectivity index (χ3v) is 2.95. The van der Waals surface area contributed by atoms with E-state index in [-0.39, 0.29) is 0 Å². The van der Waals surface area contributed by atoms with Crippen molar-refractivity contribution in [3.63, 3.8) is 0 Å². The second-order valence-electron chi connectivity index (χ2n) is 4.36. The van der Waals surface area contributed by atoms with E-state index >= 15 is 0 Å². The molecule has 0 spiro atoms. The molecule has 0 bridgehead atoms. The van der Waals surface area contributed by atoms with E-state index < -0.39 is 47.7 Å². The number of nitrogens with zero attached hydrogens (tertiary/aromatic N) is 1. The van der Waals surface area contributed by atoms with E-state index in [0.29, 0.717) is 10.8 Å². The van der Waals surface area contributed by atoms with Crippen LogP contribution in [0.4, 0.5) is 4.39 Å². The summed E-state index contributed by atoms with van der Waals surface area (Å²) in [5, 5.41) is 28.8. The Balaban J connectivity index is 2.41. The summed E-state index contributed by atoms with van der Waals surface area (Å²) in [4.78, 5) is 24.1. The molecule has 1 fully saturated rings. The molecule has 5 atom stereocenters. The van der Waals surface area contributed by atoms with E-state index in [2.05, 4.69) is 0 Å². The summed E-state index contributed by atoms with van der Waals surface area (Å²) in [5.41, 5.74) is -2.18. The second-order valence-corrected chi connectivity index (χ2v) is 4.36. The lowest BCUT2D eigenvalue weighted by molar-refractivity contribution is -0.0806. The third kappa shape index (κ3) is 2.32. The summed E-state index contributed by atoms with van der Waals surface area (Å²) in [6, 6.07) is 0. The minimum absolute atomic E-state index is 0.576. The molecule has 2 heterocycles. The van der Waals surface area contributed by atoms with Crippen molar-refractivity contribution in [1.82, 2.24) is 9.55 Å². The Morgan fingerprint density at radius 2 is 2.05 bits per heavy atom. The summed E-state index contributed by atoms with van der Waals surface area (Å²) < 4.78 is 18.9. The molecule has 0 aliphatic carbocycles. The minimum Gasteiger partial charge on any atom is -0.391 e. The van der Waals surface area contributed by atoms with Gasteiger partial charge in [-0.1, -0.05) is 0 Å². The summed E-state index contributed by atoms with van der Waals surface area (Å²) in [7, 11) is 0. The van der Waals surface area contributed by atoms with Crippen LogP contribution < -0.4 is 11.2 Å². The Labute approximate surface area is 105 Å². The smallest absolute Gasteiger partial charge is 0.330 e. The molecule has 0 saturated carbocycles. The maximum atomic E-state index is 13.1. The predicted octanol–water partition coefficient (Wildman–Crippen LogP) is -2.32. The van der Waals surface area contributed by atoms with E-state index in [1.54, 1.807) is 4.98 Å². The molecule has 106 valence electrons. The first-order valence-electron chi connectivity index (χ1n) is 5.53. The first kappa shape index (κ1) is 13.9. The number of H-pyrrole nitrogens is 1. The normalized spacial score (nSPS) is 32.5. The first-order valence-corrected chi connectivity index (χ1v) is 5.53. The molecule has 8 nitrogen and oxygen atoms in total. The van der Waals surface area contributed by atoms with Crippen LogP contribution in [0.25, 0.3) is 0 Å². The number of aliphatic hydroxyl groups excluding tert-OH is 3. The Morgan fingerprint density at radius 3 is 2.58 bits per heavy atom. The van der Waals surface area contributed by atoms with Gasteiger partial charge in [0.05, 0.1) is 12.3 Å². The fourth-order valence-corrected chi connectivity index (χ4v) is 1.96. The topological polar surface area (TPSA) is 125 Å². The Kier molecular flexibility index (Phi) is 3.54. The number of nitrogens with one attached hydrogen (secondary N) is 1. The largest absolute Gasteiger partial charge is 0.391 e. The number of halogens is 1. The molecule has 0 amide bonds. The van der Waals surface area contributed by atoms with E-state index in [0.717, 1.165) is 0 Å². The summed E-state index contributed by atoms with van der Waals surface area (Å²) in [5.74, 6) is -1.23. The molecular weight excluding hydrogens is 263 g/mol. The van der Waals surface area contributed by atoms with Crippen LogP contribution in [0, 0.1) is 5.82 Å². The van der Waals surface area contributed by atoms with Crippen LogP contribution in [0.3, 0.4) is 0 Å². The zero-order valence-electron chi connectivity index (χ0n) is 9.86. The minimum atomic E-state index is -1.54. The fraction of sp³-hybridized carbons (Fsp3) is 0.600. The van der Waals surface area contributed by atoms with Crippen molar-refractivity contribution in [1.29, 1.82) is 0 Å². The summed E-state index contributed by atoms with van der Waals surface area (Å²) in [6.07, 6.45) is -6.02. The molecule has 1 aliphatic rings. The number of hydrogen-bond acceptors (Lipinski definition) is 6. The molecule has 2 rings (SSSR count). The highest BCUT2D eigenvalue weighted by Crippen LogP contribution is 2.29. The van der Waals surface area contributed by atoms with Crippen molar-refractivity contribution < 1.29 is 24.4 Å². The highest BCUT2D eigenvalue weighted by atomic mass is 19.1. The Morgan fingerprint density at radius 1 is 1.42 bits per heavy atom. The zero-order chi connectivity index (χ0) is 14.3. The second kappa shape index (κ2) is 4.85. The van der Waals surface area contributed by atoms with E-state index in [4.69, 9.17) is 4.74 Å². The maximum Gasteiger partial charge on any atom is 0.330 e. The van der Waals surface area contributed by atoms with E-state index in [1.165, 1.54) is 6.92 Å². The highest BCUT2D eigenvalue weighted by Gasteiger charge is 2.46. The van der Waals surface area contributed by atoms with Gasteiger partial charge in [0.15, 0.2) is 6.23 Å². The maximum absolute atomic E-state index is 13.1. The lowest BCUT2D eigenvalue weighted by Crippen LogP contribution is -2.39. The number of hydrogen-bond donors (Lipinski definition) is 4. The zero-order valence-corrected chi connectivity index (χ0v) is 9.86. The predicted molar refractivity (Wildman–Crippen MR) is 58.9 cm³/mol.